The molecule has 1 amide bonds. The van der Waals surface area contributed by atoms with Gasteiger partial charge in [-0.3, -0.25) is 4.79 Å². The quantitative estimate of drug-likeness (QED) is 0.275. The molecule has 1 N–H and O–H groups in total. The van der Waals surface area contributed by atoms with E-state index >= 15 is 0 Å². The molecule has 34 heavy (non-hydrogen) atoms. The third-order valence-corrected chi connectivity index (χ3v) is 5.81. The first-order valence-corrected chi connectivity index (χ1v) is 11.6. The number of nitrogens with zero attached hydrogens (tertiary/aromatic N) is 1. The van der Waals surface area contributed by atoms with E-state index in [2.05, 4.69) is 53.3 Å². The van der Waals surface area contributed by atoms with E-state index in [4.69, 9.17) is 9.47 Å². The molecule has 0 atom stereocenters. The van der Waals surface area contributed by atoms with Crippen molar-refractivity contribution in [3.63, 3.8) is 0 Å². The van der Waals surface area contributed by atoms with E-state index in [9.17, 15) is 10.1 Å². The lowest BCUT2D eigenvalue weighted by Crippen LogP contribution is -2.14. The highest BCUT2D eigenvalue weighted by atomic mass is 79.9. The molecule has 0 aliphatic carbocycles. The van der Waals surface area contributed by atoms with E-state index in [0.717, 1.165) is 16.7 Å². The average Bonchev–Trinajstić information content (AvgIpc) is 2.77. The Kier molecular flexibility index (Phi) is 8.14. The molecule has 3 rings (SSSR count). The van der Waals surface area contributed by atoms with Crippen LogP contribution in [-0.2, 0) is 11.4 Å². The summed E-state index contributed by atoms with van der Waals surface area (Å²) in [5.74, 6) is 0.578. The highest BCUT2D eigenvalue weighted by molar-refractivity contribution is 9.10. The molecule has 0 radical (unpaired) electrons. The second-order valence-electron chi connectivity index (χ2n) is 8.26. The summed E-state index contributed by atoms with van der Waals surface area (Å²) in [5, 5.41) is 12.4. The van der Waals surface area contributed by atoms with Gasteiger partial charge < -0.3 is 14.8 Å². The topological polar surface area (TPSA) is 71.3 Å². The van der Waals surface area contributed by atoms with Crippen molar-refractivity contribution in [1.29, 1.82) is 5.26 Å². The van der Waals surface area contributed by atoms with E-state index in [0.29, 0.717) is 33.8 Å². The number of nitrogens with one attached hydrogen (secondary N) is 1. The monoisotopic (exact) mass is 518 g/mol. The molecule has 174 valence electrons. The molecular formula is C28H27BrN2O3. The first-order valence-electron chi connectivity index (χ1n) is 10.8. The number of halogens is 1. The summed E-state index contributed by atoms with van der Waals surface area (Å²) >= 11 is 3.54. The standard InChI is InChI=1S/C28H27BrN2O3/c1-17-6-7-25(20(4)9-17)31-28(32)23(15-30)12-21-13-24(29)27(26(14-21)33-5)34-16-22-10-18(2)8-19(3)11-22/h6-14H,16H2,1-5H3,(H,31,32)/b23-12+. The maximum Gasteiger partial charge on any atom is 0.266 e. The van der Waals surface area contributed by atoms with Gasteiger partial charge in [-0.05, 0) is 84.6 Å². The van der Waals surface area contributed by atoms with Crippen LogP contribution in [0.5, 0.6) is 11.5 Å². The zero-order valence-electron chi connectivity index (χ0n) is 20.0. The molecule has 0 aliphatic rings. The maximum atomic E-state index is 12.7. The molecule has 0 saturated carbocycles. The van der Waals surface area contributed by atoms with Crippen molar-refractivity contribution in [2.24, 2.45) is 0 Å². The number of amides is 1. The summed E-state index contributed by atoms with van der Waals surface area (Å²) < 4.78 is 12.2. The number of nitriles is 1. The van der Waals surface area contributed by atoms with Crippen LogP contribution in [0.4, 0.5) is 5.69 Å². The van der Waals surface area contributed by atoms with Crippen molar-refractivity contribution in [2.45, 2.75) is 34.3 Å². The summed E-state index contributed by atoms with van der Waals surface area (Å²) in [5.41, 5.74) is 6.73. The Bertz CT molecular complexity index is 1290. The summed E-state index contributed by atoms with van der Waals surface area (Å²) in [6.45, 7) is 8.39. The SMILES string of the molecule is COc1cc(/C=C(\C#N)C(=O)Nc2ccc(C)cc2C)cc(Br)c1OCc1cc(C)cc(C)c1. The van der Waals surface area contributed by atoms with Crippen LogP contribution in [0.15, 0.2) is 58.6 Å². The molecule has 6 heteroatoms. The molecule has 0 aliphatic heterocycles. The van der Waals surface area contributed by atoms with Gasteiger partial charge in [0.25, 0.3) is 5.91 Å². The van der Waals surface area contributed by atoms with Crippen LogP contribution in [0.2, 0.25) is 0 Å². The second kappa shape index (κ2) is 11.0. The first kappa shape index (κ1) is 25.1. The van der Waals surface area contributed by atoms with Crippen molar-refractivity contribution in [2.75, 3.05) is 12.4 Å². The fourth-order valence-corrected chi connectivity index (χ4v) is 4.30. The third kappa shape index (κ3) is 6.27. The molecule has 0 bridgehead atoms. The van der Waals surface area contributed by atoms with Gasteiger partial charge in [0.2, 0.25) is 0 Å². The van der Waals surface area contributed by atoms with Crippen LogP contribution in [0, 0.1) is 39.0 Å². The fraction of sp³-hybridized carbons (Fsp3) is 0.214. The van der Waals surface area contributed by atoms with Gasteiger partial charge in [0.15, 0.2) is 11.5 Å². The number of carbonyl (C=O) groups is 1. The number of aryl methyl sites for hydroxylation is 4. The lowest BCUT2D eigenvalue weighted by molar-refractivity contribution is -0.112. The van der Waals surface area contributed by atoms with Crippen LogP contribution < -0.4 is 14.8 Å². The molecule has 5 nitrogen and oxygen atoms in total. The number of hydrogen-bond acceptors (Lipinski definition) is 4. The van der Waals surface area contributed by atoms with Gasteiger partial charge in [-0.25, -0.2) is 0 Å². The highest BCUT2D eigenvalue weighted by Crippen LogP contribution is 2.38. The van der Waals surface area contributed by atoms with Gasteiger partial charge in [0, 0.05) is 5.69 Å². The van der Waals surface area contributed by atoms with Gasteiger partial charge >= 0.3 is 0 Å². The number of rotatable bonds is 7. The first-order chi connectivity index (χ1) is 16.2. The largest absolute Gasteiger partial charge is 0.493 e. The van der Waals surface area contributed by atoms with Gasteiger partial charge in [-0.15, -0.1) is 0 Å². The minimum Gasteiger partial charge on any atom is -0.493 e. The van der Waals surface area contributed by atoms with Crippen LogP contribution in [-0.4, -0.2) is 13.0 Å². The molecule has 0 heterocycles. The van der Waals surface area contributed by atoms with Crippen molar-refractivity contribution < 1.29 is 14.3 Å². The third-order valence-electron chi connectivity index (χ3n) is 5.22. The van der Waals surface area contributed by atoms with Crippen LogP contribution in [0.3, 0.4) is 0 Å². The molecule has 0 unspecified atom stereocenters. The summed E-state index contributed by atoms with van der Waals surface area (Å²) in [6.07, 6.45) is 1.53. The van der Waals surface area contributed by atoms with E-state index in [1.165, 1.54) is 17.2 Å². The summed E-state index contributed by atoms with van der Waals surface area (Å²) in [4.78, 5) is 12.7. The van der Waals surface area contributed by atoms with Gasteiger partial charge in [-0.2, -0.15) is 5.26 Å². The van der Waals surface area contributed by atoms with E-state index in [1.54, 1.807) is 19.2 Å². The van der Waals surface area contributed by atoms with E-state index in [-0.39, 0.29) is 5.57 Å². The Hall–Kier alpha value is -3.56. The Morgan fingerprint density at radius 2 is 1.74 bits per heavy atom. The number of anilines is 1. The number of methoxy groups -OCH3 is 1. The van der Waals surface area contributed by atoms with Crippen molar-refractivity contribution in [3.05, 3.63) is 92.0 Å². The maximum absolute atomic E-state index is 12.7. The van der Waals surface area contributed by atoms with E-state index in [1.807, 2.05) is 38.1 Å². The van der Waals surface area contributed by atoms with Gasteiger partial charge in [0.05, 0.1) is 11.6 Å². The minimum absolute atomic E-state index is 0.0159. The Labute approximate surface area is 209 Å². The smallest absolute Gasteiger partial charge is 0.266 e. The number of benzene rings is 3. The van der Waals surface area contributed by atoms with Gasteiger partial charge in [0.1, 0.15) is 18.2 Å². The molecule has 3 aromatic rings. The molecule has 0 spiro atoms. The van der Waals surface area contributed by atoms with Crippen molar-refractivity contribution in [3.8, 4) is 17.6 Å². The molecular weight excluding hydrogens is 492 g/mol. The average molecular weight is 519 g/mol. The second-order valence-corrected chi connectivity index (χ2v) is 9.12. The molecule has 0 aromatic heterocycles. The highest BCUT2D eigenvalue weighted by Gasteiger charge is 2.15. The zero-order valence-corrected chi connectivity index (χ0v) is 21.5. The van der Waals surface area contributed by atoms with E-state index < -0.39 is 5.91 Å². The lowest BCUT2D eigenvalue weighted by Gasteiger charge is -2.14. The molecule has 0 saturated heterocycles. The van der Waals surface area contributed by atoms with Crippen molar-refractivity contribution >= 4 is 33.6 Å². The minimum atomic E-state index is -0.473. The summed E-state index contributed by atoms with van der Waals surface area (Å²) in [7, 11) is 1.55. The normalized spacial score (nSPS) is 11.0. The van der Waals surface area contributed by atoms with Gasteiger partial charge in [-0.1, -0.05) is 47.0 Å². The van der Waals surface area contributed by atoms with Crippen LogP contribution in [0.25, 0.3) is 6.08 Å². The number of ether oxygens (including phenoxy) is 2. The predicted molar refractivity (Wildman–Crippen MR) is 139 cm³/mol. The van der Waals surface area contributed by atoms with Crippen LogP contribution in [0.1, 0.15) is 33.4 Å². The number of carbonyl (C=O) groups excluding carboxylic acids is 1. The Morgan fingerprint density at radius 3 is 2.35 bits per heavy atom. The summed E-state index contributed by atoms with van der Waals surface area (Å²) in [6, 6.07) is 17.5. The number of hydrogen-bond donors (Lipinski definition) is 1. The van der Waals surface area contributed by atoms with Crippen LogP contribution >= 0.6 is 15.9 Å². The fourth-order valence-electron chi connectivity index (χ4n) is 3.73. The Morgan fingerprint density at radius 1 is 1.03 bits per heavy atom. The molecule has 3 aromatic carbocycles. The predicted octanol–water partition coefficient (Wildman–Crippen LogP) is 6.82. The molecule has 0 fully saturated rings. The Balaban J connectivity index is 1.83. The van der Waals surface area contributed by atoms with Crippen molar-refractivity contribution in [1.82, 2.24) is 0 Å². The lowest BCUT2D eigenvalue weighted by atomic mass is 10.1. The zero-order chi connectivity index (χ0) is 24.8.